The summed E-state index contributed by atoms with van der Waals surface area (Å²) >= 11 is 1.31. The fraction of sp³-hybridized carbons (Fsp3) is 0.280. The van der Waals surface area contributed by atoms with Gasteiger partial charge in [0.2, 0.25) is 4.96 Å². The van der Waals surface area contributed by atoms with Crippen LogP contribution in [0.5, 0.6) is 11.5 Å². The first-order valence-electron chi connectivity index (χ1n) is 11.4. The lowest BCUT2D eigenvalue weighted by Crippen LogP contribution is -2.42. The summed E-state index contributed by atoms with van der Waals surface area (Å²) in [5.41, 5.74) is 2.27. The SMILES string of the molecule is CCOc1ccc(Cc2nn3c(-c4ccccc4OC(=O)N4CCOCC4)csc3nc2=O)cc1. The van der Waals surface area contributed by atoms with Crippen molar-refractivity contribution in [1.82, 2.24) is 19.5 Å². The van der Waals surface area contributed by atoms with Gasteiger partial charge >= 0.3 is 6.09 Å². The molecule has 1 aliphatic heterocycles. The van der Waals surface area contributed by atoms with E-state index in [0.717, 1.165) is 11.3 Å². The number of aromatic nitrogens is 3. The van der Waals surface area contributed by atoms with Crippen LogP contribution in [0.3, 0.4) is 0 Å². The summed E-state index contributed by atoms with van der Waals surface area (Å²) in [6.07, 6.45) is -0.0844. The van der Waals surface area contributed by atoms with Crippen molar-refractivity contribution < 1.29 is 19.0 Å². The molecule has 1 aliphatic rings. The van der Waals surface area contributed by atoms with Crippen LogP contribution >= 0.6 is 11.3 Å². The lowest BCUT2D eigenvalue weighted by Gasteiger charge is -2.26. The molecule has 0 aliphatic carbocycles. The minimum Gasteiger partial charge on any atom is -0.494 e. The fourth-order valence-corrected chi connectivity index (χ4v) is 4.64. The molecule has 0 N–H and O–H groups in total. The number of fused-ring (bicyclic) bond motifs is 1. The van der Waals surface area contributed by atoms with Crippen LogP contribution in [-0.4, -0.2) is 58.5 Å². The molecule has 9 nitrogen and oxygen atoms in total. The zero-order valence-electron chi connectivity index (χ0n) is 19.2. The van der Waals surface area contributed by atoms with Gasteiger partial charge in [0.1, 0.15) is 17.2 Å². The van der Waals surface area contributed by atoms with Gasteiger partial charge in [-0.1, -0.05) is 24.3 Å². The average Bonchev–Trinajstić information content (AvgIpc) is 3.28. The second kappa shape index (κ2) is 10.2. The highest BCUT2D eigenvalue weighted by atomic mass is 32.1. The van der Waals surface area contributed by atoms with Gasteiger partial charge in [-0.2, -0.15) is 10.1 Å². The minimum atomic E-state index is -0.422. The first-order chi connectivity index (χ1) is 17.1. The first kappa shape index (κ1) is 23.0. The number of ether oxygens (including phenoxy) is 3. The van der Waals surface area contributed by atoms with E-state index in [1.54, 1.807) is 15.5 Å². The Labute approximate surface area is 205 Å². The molecule has 0 atom stereocenters. The molecule has 1 amide bonds. The zero-order chi connectivity index (χ0) is 24.2. The smallest absolute Gasteiger partial charge is 0.415 e. The molecule has 0 bridgehead atoms. The number of hydrogen-bond donors (Lipinski definition) is 0. The van der Waals surface area contributed by atoms with E-state index in [-0.39, 0.29) is 5.56 Å². The number of benzene rings is 2. The Bertz CT molecular complexity index is 1390. The lowest BCUT2D eigenvalue weighted by molar-refractivity contribution is 0.0416. The van der Waals surface area contributed by atoms with Crippen molar-refractivity contribution in [2.45, 2.75) is 13.3 Å². The molecule has 35 heavy (non-hydrogen) atoms. The average molecular weight is 493 g/mol. The summed E-state index contributed by atoms with van der Waals surface area (Å²) in [6, 6.07) is 14.8. The summed E-state index contributed by atoms with van der Waals surface area (Å²) in [6.45, 7) is 4.48. The Morgan fingerprint density at radius 3 is 2.66 bits per heavy atom. The molecule has 4 aromatic rings. The molecule has 1 saturated heterocycles. The number of rotatable bonds is 6. The Morgan fingerprint density at radius 1 is 1.11 bits per heavy atom. The molecule has 10 heteroatoms. The molecule has 0 saturated carbocycles. The van der Waals surface area contributed by atoms with Crippen molar-refractivity contribution in [2.75, 3.05) is 32.9 Å². The number of hydrogen-bond acceptors (Lipinski definition) is 8. The van der Waals surface area contributed by atoms with Crippen LogP contribution in [0.25, 0.3) is 16.2 Å². The van der Waals surface area contributed by atoms with Crippen LogP contribution < -0.4 is 15.0 Å². The maximum atomic E-state index is 12.7. The number of nitrogens with zero attached hydrogens (tertiary/aromatic N) is 4. The van der Waals surface area contributed by atoms with Crippen molar-refractivity contribution in [3.05, 3.63) is 75.5 Å². The van der Waals surface area contributed by atoms with E-state index in [1.807, 2.05) is 54.8 Å². The van der Waals surface area contributed by atoms with Gasteiger partial charge in [0.15, 0.2) is 0 Å². The van der Waals surface area contributed by atoms with Crippen LogP contribution in [0.1, 0.15) is 18.2 Å². The van der Waals surface area contributed by atoms with Crippen molar-refractivity contribution in [3.8, 4) is 22.8 Å². The van der Waals surface area contributed by atoms with Gasteiger partial charge in [0, 0.05) is 30.5 Å². The molecule has 0 radical (unpaired) electrons. The summed E-state index contributed by atoms with van der Waals surface area (Å²) in [5, 5.41) is 6.49. The van der Waals surface area contributed by atoms with Crippen molar-refractivity contribution in [2.24, 2.45) is 0 Å². The number of para-hydroxylation sites is 1. The van der Waals surface area contributed by atoms with E-state index in [4.69, 9.17) is 14.2 Å². The maximum absolute atomic E-state index is 12.7. The molecule has 1 fully saturated rings. The Balaban J connectivity index is 1.45. The zero-order valence-corrected chi connectivity index (χ0v) is 20.0. The summed E-state index contributed by atoms with van der Waals surface area (Å²) < 4.78 is 18.2. The molecule has 0 spiro atoms. The predicted molar refractivity (Wildman–Crippen MR) is 131 cm³/mol. The molecule has 2 aromatic heterocycles. The first-order valence-corrected chi connectivity index (χ1v) is 12.2. The monoisotopic (exact) mass is 492 g/mol. The highest BCUT2D eigenvalue weighted by Crippen LogP contribution is 2.32. The third-order valence-corrected chi connectivity index (χ3v) is 6.40. The molecule has 0 unspecified atom stereocenters. The van der Waals surface area contributed by atoms with Crippen LogP contribution in [0.4, 0.5) is 4.79 Å². The van der Waals surface area contributed by atoms with Gasteiger partial charge in [-0.15, -0.1) is 11.3 Å². The largest absolute Gasteiger partial charge is 0.494 e. The summed E-state index contributed by atoms with van der Waals surface area (Å²) in [7, 11) is 0. The van der Waals surface area contributed by atoms with Gasteiger partial charge in [-0.3, -0.25) is 4.79 Å². The van der Waals surface area contributed by atoms with E-state index in [9.17, 15) is 9.59 Å². The van der Waals surface area contributed by atoms with Crippen LogP contribution in [-0.2, 0) is 11.2 Å². The third kappa shape index (κ3) is 5.03. The number of amides is 1. The number of carbonyl (C=O) groups is 1. The van der Waals surface area contributed by atoms with E-state index >= 15 is 0 Å². The van der Waals surface area contributed by atoms with Gasteiger partial charge < -0.3 is 19.1 Å². The predicted octanol–water partition coefficient (Wildman–Crippen LogP) is 3.64. The van der Waals surface area contributed by atoms with Gasteiger partial charge in [0.25, 0.3) is 5.56 Å². The van der Waals surface area contributed by atoms with Crippen molar-refractivity contribution in [3.63, 3.8) is 0 Å². The number of thiazole rings is 1. The van der Waals surface area contributed by atoms with E-state index in [1.165, 1.54) is 11.3 Å². The van der Waals surface area contributed by atoms with E-state index in [0.29, 0.717) is 67.0 Å². The summed E-state index contributed by atoms with van der Waals surface area (Å²) in [4.78, 5) is 31.7. The standard InChI is InChI=1S/C25H24N4O5S/c1-2-33-18-9-7-17(8-10-18)15-20-23(30)26-24-29(27-20)21(16-35-24)19-5-3-4-6-22(19)34-25(31)28-11-13-32-14-12-28/h3-10,16H,2,11-15H2,1H3. The van der Waals surface area contributed by atoms with E-state index in [2.05, 4.69) is 10.1 Å². The van der Waals surface area contributed by atoms with E-state index < -0.39 is 6.09 Å². The van der Waals surface area contributed by atoms with Gasteiger partial charge in [-0.25, -0.2) is 9.31 Å². The Hall–Kier alpha value is -3.76. The lowest BCUT2D eigenvalue weighted by atomic mass is 10.1. The number of carbonyl (C=O) groups excluding carboxylic acids is 1. The van der Waals surface area contributed by atoms with Crippen molar-refractivity contribution >= 4 is 22.4 Å². The van der Waals surface area contributed by atoms with Crippen LogP contribution in [0.2, 0.25) is 0 Å². The highest BCUT2D eigenvalue weighted by Gasteiger charge is 2.21. The normalized spacial score (nSPS) is 13.7. The quantitative estimate of drug-likeness (QED) is 0.406. The molecule has 2 aromatic carbocycles. The highest BCUT2D eigenvalue weighted by molar-refractivity contribution is 7.15. The fourth-order valence-electron chi connectivity index (χ4n) is 3.82. The molecule has 180 valence electrons. The van der Waals surface area contributed by atoms with Crippen molar-refractivity contribution in [1.29, 1.82) is 0 Å². The number of morpholine rings is 1. The van der Waals surface area contributed by atoms with Crippen LogP contribution in [0.15, 0.2) is 58.7 Å². The molecule has 5 rings (SSSR count). The van der Waals surface area contributed by atoms with Crippen LogP contribution in [0, 0.1) is 0 Å². The molecular weight excluding hydrogens is 468 g/mol. The second-order valence-electron chi connectivity index (χ2n) is 7.90. The summed E-state index contributed by atoms with van der Waals surface area (Å²) in [5.74, 6) is 1.19. The Kier molecular flexibility index (Phi) is 6.73. The second-order valence-corrected chi connectivity index (χ2v) is 8.73. The van der Waals surface area contributed by atoms with Gasteiger partial charge in [-0.05, 0) is 36.8 Å². The Morgan fingerprint density at radius 2 is 1.89 bits per heavy atom. The topological polar surface area (TPSA) is 95.3 Å². The third-order valence-electron chi connectivity index (χ3n) is 5.59. The maximum Gasteiger partial charge on any atom is 0.415 e. The molecular formula is C25H24N4O5S. The van der Waals surface area contributed by atoms with Gasteiger partial charge in [0.05, 0.1) is 25.5 Å². The molecule has 3 heterocycles. The minimum absolute atomic E-state index is 0.328.